The van der Waals surface area contributed by atoms with Gasteiger partial charge >= 0.3 is 6.18 Å². The maximum Gasteiger partial charge on any atom is 0.434 e. The minimum atomic E-state index is -4.52. The topological polar surface area (TPSA) is 51.8 Å². The molecule has 6 heteroatoms. The smallest absolute Gasteiger partial charge is 0.368 e. The van der Waals surface area contributed by atoms with Gasteiger partial charge < -0.3 is 5.73 Å². The number of fused-ring (bicyclic) bond motifs is 1. The molecule has 1 fully saturated rings. The van der Waals surface area contributed by atoms with Gasteiger partial charge in [-0.3, -0.25) is 0 Å². The summed E-state index contributed by atoms with van der Waals surface area (Å²) >= 11 is 0. The van der Waals surface area contributed by atoms with Gasteiger partial charge in [0.15, 0.2) is 5.69 Å². The second-order valence-corrected chi connectivity index (χ2v) is 5.19. The molecule has 0 amide bonds. The Balaban J connectivity index is 2.18. The van der Waals surface area contributed by atoms with Crippen LogP contribution in [0.4, 0.5) is 19.1 Å². The lowest BCUT2D eigenvalue weighted by atomic mass is 9.96. The molecular weight excluding hydrogens is 267 g/mol. The molecule has 1 heterocycles. The first-order valence-electron chi connectivity index (χ1n) is 6.59. The van der Waals surface area contributed by atoms with Crippen molar-refractivity contribution in [2.24, 2.45) is 0 Å². The van der Waals surface area contributed by atoms with E-state index in [0.717, 1.165) is 31.2 Å². The van der Waals surface area contributed by atoms with Gasteiger partial charge in [-0.2, -0.15) is 13.2 Å². The molecule has 0 unspecified atom stereocenters. The Kier molecular flexibility index (Phi) is 3.03. The number of alkyl halides is 3. The van der Waals surface area contributed by atoms with Crippen molar-refractivity contribution in [3.63, 3.8) is 0 Å². The summed E-state index contributed by atoms with van der Waals surface area (Å²) in [5.74, 6) is -0.00326. The van der Waals surface area contributed by atoms with Gasteiger partial charge in [-0.1, -0.05) is 18.9 Å². The second-order valence-electron chi connectivity index (χ2n) is 5.19. The number of nitrogens with zero attached hydrogens (tertiary/aromatic N) is 2. The third-order valence-corrected chi connectivity index (χ3v) is 3.83. The predicted octanol–water partition coefficient (Wildman–Crippen LogP) is 3.89. The van der Waals surface area contributed by atoms with Gasteiger partial charge in [0.05, 0.1) is 5.52 Å². The molecule has 2 N–H and O–H groups in total. The molecule has 1 aromatic heterocycles. The quantitative estimate of drug-likeness (QED) is 0.862. The van der Waals surface area contributed by atoms with Crippen LogP contribution in [-0.4, -0.2) is 9.97 Å². The van der Waals surface area contributed by atoms with E-state index in [2.05, 4.69) is 9.97 Å². The first-order chi connectivity index (χ1) is 9.45. The number of nitrogens with two attached hydrogens (primary N) is 1. The van der Waals surface area contributed by atoms with Gasteiger partial charge in [-0.05, 0) is 36.5 Å². The molecule has 0 atom stereocenters. The number of hydrogen-bond acceptors (Lipinski definition) is 3. The lowest BCUT2D eigenvalue weighted by Gasteiger charge is -2.13. The van der Waals surface area contributed by atoms with Crippen molar-refractivity contribution in [1.29, 1.82) is 0 Å². The van der Waals surface area contributed by atoms with Crippen LogP contribution in [0.1, 0.15) is 42.9 Å². The molecule has 106 valence electrons. The van der Waals surface area contributed by atoms with Gasteiger partial charge in [0.2, 0.25) is 5.95 Å². The number of rotatable bonds is 1. The highest BCUT2D eigenvalue weighted by Crippen LogP contribution is 2.38. The van der Waals surface area contributed by atoms with Crippen LogP contribution in [-0.2, 0) is 6.18 Å². The van der Waals surface area contributed by atoms with Gasteiger partial charge in [-0.15, -0.1) is 0 Å². The standard InChI is InChI=1S/C14H14F3N3/c15-14(16,17)12-10-7-9(8-3-1-2-4-8)5-6-11(10)19-13(18)20-12/h5-8H,1-4H2,(H2,18,19,20). The molecular formula is C14H14F3N3. The molecule has 3 rings (SSSR count). The summed E-state index contributed by atoms with van der Waals surface area (Å²) in [5.41, 5.74) is 5.60. The van der Waals surface area contributed by atoms with E-state index in [4.69, 9.17) is 5.73 Å². The third-order valence-electron chi connectivity index (χ3n) is 3.83. The summed E-state index contributed by atoms with van der Waals surface area (Å²) in [7, 11) is 0. The van der Waals surface area contributed by atoms with Crippen LogP contribution < -0.4 is 5.73 Å². The Morgan fingerprint density at radius 2 is 1.80 bits per heavy atom. The lowest BCUT2D eigenvalue weighted by Crippen LogP contribution is -2.12. The van der Waals surface area contributed by atoms with Crippen molar-refractivity contribution >= 4 is 16.9 Å². The zero-order valence-corrected chi connectivity index (χ0v) is 10.7. The van der Waals surface area contributed by atoms with E-state index >= 15 is 0 Å². The third kappa shape index (κ3) is 2.30. The maximum atomic E-state index is 13.1. The molecule has 1 aliphatic carbocycles. The Bertz CT molecular complexity index is 646. The second kappa shape index (κ2) is 4.61. The first-order valence-corrected chi connectivity index (χ1v) is 6.59. The highest BCUT2D eigenvalue weighted by atomic mass is 19.4. The Labute approximate surface area is 114 Å². The van der Waals surface area contributed by atoms with Crippen LogP contribution in [0.5, 0.6) is 0 Å². The van der Waals surface area contributed by atoms with Crippen LogP contribution in [0.25, 0.3) is 10.9 Å². The van der Waals surface area contributed by atoms with E-state index in [9.17, 15) is 13.2 Å². The molecule has 0 saturated heterocycles. The highest BCUT2D eigenvalue weighted by molar-refractivity contribution is 5.83. The van der Waals surface area contributed by atoms with E-state index in [1.54, 1.807) is 12.1 Å². The number of anilines is 1. The number of hydrogen-bond donors (Lipinski definition) is 1. The molecule has 0 aliphatic heterocycles. The molecule has 0 spiro atoms. The number of nitrogen functional groups attached to an aromatic ring is 1. The van der Waals surface area contributed by atoms with Crippen LogP contribution in [0.15, 0.2) is 18.2 Å². The molecule has 2 aromatic rings. The van der Waals surface area contributed by atoms with Gasteiger partial charge in [0.25, 0.3) is 0 Å². The van der Waals surface area contributed by atoms with Crippen LogP contribution >= 0.6 is 0 Å². The fourth-order valence-corrected chi connectivity index (χ4v) is 2.89. The molecule has 1 saturated carbocycles. The largest absolute Gasteiger partial charge is 0.434 e. The number of aromatic nitrogens is 2. The van der Waals surface area contributed by atoms with E-state index in [0.29, 0.717) is 5.92 Å². The minimum Gasteiger partial charge on any atom is -0.368 e. The van der Waals surface area contributed by atoms with E-state index < -0.39 is 11.9 Å². The van der Waals surface area contributed by atoms with E-state index in [1.165, 1.54) is 0 Å². The van der Waals surface area contributed by atoms with Crippen molar-refractivity contribution in [3.05, 3.63) is 29.5 Å². The molecule has 0 bridgehead atoms. The Hall–Kier alpha value is -1.85. The average Bonchev–Trinajstić information content (AvgIpc) is 2.90. The normalized spacial score (nSPS) is 16.9. The van der Waals surface area contributed by atoms with Crippen molar-refractivity contribution in [3.8, 4) is 0 Å². The van der Waals surface area contributed by atoms with Crippen molar-refractivity contribution in [2.45, 2.75) is 37.8 Å². The fraction of sp³-hybridized carbons (Fsp3) is 0.429. The average molecular weight is 281 g/mol. The van der Waals surface area contributed by atoms with E-state index in [1.807, 2.05) is 6.07 Å². The van der Waals surface area contributed by atoms with Crippen LogP contribution in [0.3, 0.4) is 0 Å². The van der Waals surface area contributed by atoms with Crippen LogP contribution in [0.2, 0.25) is 0 Å². The summed E-state index contributed by atoms with van der Waals surface area (Å²) in [6.45, 7) is 0. The zero-order chi connectivity index (χ0) is 14.3. The van der Waals surface area contributed by atoms with E-state index in [-0.39, 0.29) is 16.9 Å². The lowest BCUT2D eigenvalue weighted by molar-refractivity contribution is -0.139. The molecule has 20 heavy (non-hydrogen) atoms. The molecule has 1 aliphatic rings. The van der Waals surface area contributed by atoms with Crippen molar-refractivity contribution in [1.82, 2.24) is 9.97 Å². The monoisotopic (exact) mass is 281 g/mol. The Morgan fingerprint density at radius 3 is 2.45 bits per heavy atom. The summed E-state index contributed by atoms with van der Waals surface area (Å²) in [5, 5.41) is 0.0381. The molecule has 3 nitrogen and oxygen atoms in total. The molecule has 1 aromatic carbocycles. The fourth-order valence-electron chi connectivity index (χ4n) is 2.89. The number of benzene rings is 1. The zero-order valence-electron chi connectivity index (χ0n) is 10.7. The van der Waals surface area contributed by atoms with Crippen molar-refractivity contribution in [2.75, 3.05) is 5.73 Å². The van der Waals surface area contributed by atoms with Gasteiger partial charge in [-0.25, -0.2) is 9.97 Å². The maximum absolute atomic E-state index is 13.1. The number of halogens is 3. The van der Waals surface area contributed by atoms with Gasteiger partial charge in [0.1, 0.15) is 0 Å². The first kappa shape index (κ1) is 13.1. The SMILES string of the molecule is Nc1nc(C(F)(F)F)c2cc(C3CCCC3)ccc2n1. The summed E-state index contributed by atoms with van der Waals surface area (Å²) in [4.78, 5) is 7.27. The van der Waals surface area contributed by atoms with Crippen LogP contribution in [0, 0.1) is 0 Å². The summed E-state index contributed by atoms with van der Waals surface area (Å²) < 4.78 is 39.2. The predicted molar refractivity (Wildman–Crippen MR) is 70.2 cm³/mol. The molecule has 0 radical (unpaired) electrons. The van der Waals surface area contributed by atoms with Gasteiger partial charge in [0, 0.05) is 5.39 Å². The van der Waals surface area contributed by atoms with Crippen molar-refractivity contribution < 1.29 is 13.2 Å². The summed E-state index contributed by atoms with van der Waals surface area (Å²) in [6, 6.07) is 5.04. The highest BCUT2D eigenvalue weighted by Gasteiger charge is 2.35. The Morgan fingerprint density at radius 1 is 1.10 bits per heavy atom. The minimum absolute atomic E-state index is 0.0381. The summed E-state index contributed by atoms with van der Waals surface area (Å²) in [6.07, 6.45) is -0.199.